The number of carbonyl (C=O) groups excluding carboxylic acids is 2. The largest absolute Gasteiger partial charge is 0.480 e. The normalized spacial score (nSPS) is 13.9. The molecular formula is C23H27NO6S. The molecule has 0 fully saturated rings. The zero-order chi connectivity index (χ0) is 22.8. The van der Waals surface area contributed by atoms with Crippen molar-refractivity contribution in [3.63, 3.8) is 0 Å². The van der Waals surface area contributed by atoms with Crippen LogP contribution < -0.4 is 0 Å². The molecule has 0 amide bonds. The Balaban J connectivity index is 2.27. The molecule has 8 heteroatoms. The highest BCUT2D eigenvalue weighted by Gasteiger charge is 2.34. The molecule has 2 aromatic rings. The van der Waals surface area contributed by atoms with E-state index < -0.39 is 30.5 Å². The Hall–Kier alpha value is -2.68. The summed E-state index contributed by atoms with van der Waals surface area (Å²) >= 11 is 1.02. The van der Waals surface area contributed by atoms with Gasteiger partial charge in [0.2, 0.25) is 0 Å². The minimum absolute atomic E-state index is 0.00358. The van der Waals surface area contributed by atoms with Crippen molar-refractivity contribution in [3.05, 3.63) is 71.8 Å². The van der Waals surface area contributed by atoms with E-state index in [0.29, 0.717) is 0 Å². The van der Waals surface area contributed by atoms with E-state index in [1.165, 1.54) is 6.92 Å². The van der Waals surface area contributed by atoms with Gasteiger partial charge in [-0.05, 0) is 17.0 Å². The molecule has 2 rings (SSSR count). The minimum atomic E-state index is -1.42. The van der Waals surface area contributed by atoms with Crippen molar-refractivity contribution in [1.82, 2.24) is 5.06 Å². The zero-order valence-electron chi connectivity index (χ0n) is 17.5. The number of carboxylic acids is 1. The van der Waals surface area contributed by atoms with Gasteiger partial charge in [0.1, 0.15) is 0 Å². The van der Waals surface area contributed by atoms with Gasteiger partial charge in [0.05, 0.1) is 19.1 Å². The smallest absolute Gasteiger partial charge is 0.329 e. The van der Waals surface area contributed by atoms with Crippen molar-refractivity contribution >= 4 is 28.8 Å². The van der Waals surface area contributed by atoms with Crippen molar-refractivity contribution < 1.29 is 29.4 Å². The molecule has 0 saturated heterocycles. The number of hydrogen-bond donors (Lipinski definition) is 2. The Kier molecular flexibility index (Phi) is 9.71. The van der Waals surface area contributed by atoms with Crippen LogP contribution in [0.1, 0.15) is 30.9 Å². The van der Waals surface area contributed by atoms with E-state index in [4.69, 9.17) is 4.84 Å². The lowest BCUT2D eigenvalue weighted by molar-refractivity contribution is -0.217. The van der Waals surface area contributed by atoms with Gasteiger partial charge in [0, 0.05) is 12.7 Å². The number of rotatable bonds is 11. The maximum Gasteiger partial charge on any atom is 0.329 e. The third kappa shape index (κ3) is 7.50. The molecular weight excluding hydrogens is 418 g/mol. The van der Waals surface area contributed by atoms with Gasteiger partial charge < -0.3 is 15.1 Å². The molecule has 0 heterocycles. The predicted octanol–water partition coefficient (Wildman–Crippen LogP) is 3.09. The van der Waals surface area contributed by atoms with Gasteiger partial charge in [-0.2, -0.15) is 0 Å². The summed E-state index contributed by atoms with van der Waals surface area (Å²) in [5.74, 6) is -2.72. The maximum absolute atomic E-state index is 13.2. The summed E-state index contributed by atoms with van der Waals surface area (Å²) in [6.45, 7) is 2.56. The van der Waals surface area contributed by atoms with Crippen LogP contribution in [0.4, 0.5) is 0 Å². The molecule has 2 N–H and O–H groups in total. The van der Waals surface area contributed by atoms with Crippen LogP contribution in [0.5, 0.6) is 0 Å². The quantitative estimate of drug-likeness (QED) is 0.509. The van der Waals surface area contributed by atoms with Crippen LogP contribution in [0.25, 0.3) is 0 Å². The first-order valence-electron chi connectivity index (χ1n) is 9.87. The molecule has 0 radical (unpaired) electrons. The number of aliphatic carboxylic acids is 1. The van der Waals surface area contributed by atoms with E-state index >= 15 is 0 Å². The van der Waals surface area contributed by atoms with Crippen LogP contribution in [-0.2, 0) is 25.8 Å². The zero-order valence-corrected chi connectivity index (χ0v) is 18.3. The molecule has 0 aliphatic heterocycles. The molecule has 0 aromatic heterocycles. The van der Waals surface area contributed by atoms with Gasteiger partial charge in [-0.3, -0.25) is 9.59 Å². The van der Waals surface area contributed by atoms with E-state index in [9.17, 15) is 24.6 Å². The lowest BCUT2D eigenvalue weighted by atomic mass is 9.89. The monoisotopic (exact) mass is 445 g/mol. The summed E-state index contributed by atoms with van der Waals surface area (Å²) in [5, 5.41) is 20.0. The van der Waals surface area contributed by atoms with Crippen LogP contribution >= 0.6 is 11.8 Å². The van der Waals surface area contributed by atoms with Crippen LogP contribution in [0.2, 0.25) is 0 Å². The number of carbonyl (C=O) groups is 3. The Morgan fingerprint density at radius 3 is 2.13 bits per heavy atom. The van der Waals surface area contributed by atoms with Crippen LogP contribution in [0, 0.1) is 5.92 Å². The van der Waals surface area contributed by atoms with Gasteiger partial charge in [0.15, 0.2) is 11.2 Å². The summed E-state index contributed by atoms with van der Waals surface area (Å²) in [6, 6.07) is 16.9. The number of hydroxylamine groups is 2. The van der Waals surface area contributed by atoms with Gasteiger partial charge >= 0.3 is 11.9 Å². The van der Waals surface area contributed by atoms with Crippen LogP contribution in [0.3, 0.4) is 0 Å². The first-order valence-corrected chi connectivity index (χ1v) is 10.9. The lowest BCUT2D eigenvalue weighted by Gasteiger charge is -2.29. The molecule has 166 valence electrons. The van der Waals surface area contributed by atoms with Crippen molar-refractivity contribution in [1.29, 1.82) is 0 Å². The Labute approximate surface area is 186 Å². The van der Waals surface area contributed by atoms with E-state index in [-0.39, 0.29) is 23.3 Å². The fourth-order valence-electron chi connectivity index (χ4n) is 3.06. The van der Waals surface area contributed by atoms with E-state index in [1.807, 2.05) is 43.3 Å². The number of carboxylic acid groups (broad SMARTS) is 1. The number of aliphatic hydroxyl groups is 1. The Morgan fingerprint density at radius 1 is 1.03 bits per heavy atom. The molecule has 0 spiro atoms. The molecule has 2 aromatic carbocycles. The lowest BCUT2D eigenvalue weighted by Crippen LogP contribution is -2.46. The summed E-state index contributed by atoms with van der Waals surface area (Å²) in [4.78, 5) is 41.9. The predicted molar refractivity (Wildman–Crippen MR) is 118 cm³/mol. The van der Waals surface area contributed by atoms with Gasteiger partial charge in [-0.25, -0.2) is 4.79 Å². The SMILES string of the molecule is CC(=O)SCC(C(=O)ON(Cc1ccccc1)[C@@H](CO)C(=O)O)C(C)c1ccccc1. The number of benzene rings is 2. The minimum Gasteiger partial charge on any atom is -0.480 e. The first-order chi connectivity index (χ1) is 14.8. The fraction of sp³-hybridized carbons (Fsp3) is 0.348. The van der Waals surface area contributed by atoms with Crippen molar-refractivity contribution in [3.8, 4) is 0 Å². The number of thioether (sulfide) groups is 1. The summed E-state index contributed by atoms with van der Waals surface area (Å²) in [5.41, 5.74) is 1.63. The van der Waals surface area contributed by atoms with E-state index in [2.05, 4.69) is 0 Å². The number of hydrogen-bond acceptors (Lipinski definition) is 7. The molecule has 0 bridgehead atoms. The molecule has 7 nitrogen and oxygen atoms in total. The van der Waals surface area contributed by atoms with E-state index in [0.717, 1.165) is 28.0 Å². The number of aliphatic hydroxyl groups excluding tert-OH is 1. The highest BCUT2D eigenvalue weighted by atomic mass is 32.2. The second-order valence-electron chi connectivity index (χ2n) is 7.12. The second kappa shape index (κ2) is 12.2. The average molecular weight is 446 g/mol. The molecule has 0 aliphatic carbocycles. The third-order valence-electron chi connectivity index (χ3n) is 4.89. The van der Waals surface area contributed by atoms with Gasteiger partial charge in [0.25, 0.3) is 0 Å². The fourth-order valence-corrected chi connectivity index (χ4v) is 3.90. The van der Waals surface area contributed by atoms with Gasteiger partial charge in [-0.15, -0.1) is 5.06 Å². The van der Waals surface area contributed by atoms with Crippen LogP contribution in [-0.4, -0.2) is 50.7 Å². The molecule has 0 aliphatic rings. The van der Waals surface area contributed by atoms with Crippen molar-refractivity contribution in [2.24, 2.45) is 5.92 Å². The van der Waals surface area contributed by atoms with E-state index in [1.54, 1.807) is 24.3 Å². The summed E-state index contributed by atoms with van der Waals surface area (Å²) < 4.78 is 0. The standard InChI is InChI=1S/C23H27NO6S/c1-16(19-11-7-4-8-12-19)20(15-31-17(2)26)23(29)30-24(21(14-25)22(27)28)13-18-9-5-3-6-10-18/h3-12,16,20-21,25H,13-15H2,1-2H3,(H,27,28)/t16?,20?,21-/m0/s1. The highest BCUT2D eigenvalue weighted by molar-refractivity contribution is 8.13. The van der Waals surface area contributed by atoms with Crippen molar-refractivity contribution in [2.75, 3.05) is 12.4 Å². The summed E-state index contributed by atoms with van der Waals surface area (Å²) in [7, 11) is 0. The molecule has 2 unspecified atom stereocenters. The first kappa shape index (κ1) is 24.6. The Bertz CT molecular complexity index is 861. The van der Waals surface area contributed by atoms with Crippen molar-refractivity contribution in [2.45, 2.75) is 32.4 Å². The van der Waals surface area contributed by atoms with Crippen LogP contribution in [0.15, 0.2) is 60.7 Å². The second-order valence-corrected chi connectivity index (χ2v) is 8.31. The molecule has 0 saturated carbocycles. The average Bonchev–Trinajstić information content (AvgIpc) is 2.75. The third-order valence-corrected chi connectivity index (χ3v) is 5.82. The summed E-state index contributed by atoms with van der Waals surface area (Å²) in [6.07, 6.45) is 0. The Morgan fingerprint density at radius 2 is 1.61 bits per heavy atom. The maximum atomic E-state index is 13.2. The van der Waals surface area contributed by atoms with Gasteiger partial charge in [-0.1, -0.05) is 79.3 Å². The number of nitrogens with zero attached hydrogens (tertiary/aromatic N) is 1. The highest BCUT2D eigenvalue weighted by Crippen LogP contribution is 2.29. The topological polar surface area (TPSA) is 104 Å². The molecule has 31 heavy (non-hydrogen) atoms. The molecule has 3 atom stereocenters.